The number of ether oxygens (including phenoxy) is 1. The van der Waals surface area contributed by atoms with E-state index in [4.69, 9.17) is 4.74 Å². The van der Waals surface area contributed by atoms with E-state index >= 15 is 0 Å². The molecule has 0 fully saturated rings. The lowest BCUT2D eigenvalue weighted by atomic mass is 10.4. The van der Waals surface area contributed by atoms with Crippen LogP contribution in [0.15, 0.2) is 5.51 Å². The summed E-state index contributed by atoms with van der Waals surface area (Å²) in [7, 11) is -15.2. The van der Waals surface area contributed by atoms with Gasteiger partial charge < -0.3 is 8.86 Å². The Labute approximate surface area is 185 Å². The van der Waals surface area contributed by atoms with Gasteiger partial charge in [-0.2, -0.15) is 48.5 Å². The second-order valence-corrected chi connectivity index (χ2v) is 10.4. The van der Waals surface area contributed by atoms with Crippen LogP contribution in [-0.4, -0.2) is 52.9 Å². The van der Waals surface area contributed by atoms with Gasteiger partial charge in [-0.25, -0.2) is 16.8 Å². The SMILES string of the molecule is CCOCC[n+]1csc(C)c1C.O=S(=O)([N-]S(=O)(=O)C(F)(F)C(F)(F)F)C(F)(F)C(F)(F)F. The molecule has 1 heterocycles. The summed E-state index contributed by atoms with van der Waals surface area (Å²) in [4.78, 5) is 1.39. The maximum Gasteiger partial charge on any atom is 0.467 e. The predicted octanol–water partition coefficient (Wildman–Crippen LogP) is 4.02. The van der Waals surface area contributed by atoms with Crippen molar-refractivity contribution >= 4 is 31.4 Å². The fraction of sp³-hybridized carbons (Fsp3) is 0.769. The molecule has 33 heavy (non-hydrogen) atoms. The van der Waals surface area contributed by atoms with E-state index < -0.39 is 42.9 Å². The molecule has 0 amide bonds. The lowest BCUT2D eigenvalue weighted by Crippen LogP contribution is -2.48. The first-order chi connectivity index (χ1) is 14.5. The molecule has 1 rings (SSSR count). The van der Waals surface area contributed by atoms with Crippen LogP contribution in [0, 0.1) is 13.8 Å². The molecule has 0 radical (unpaired) electrons. The zero-order chi connectivity index (χ0) is 26.7. The minimum absolute atomic E-state index is 0.422. The Hall–Kier alpha value is -1.25. The third-order valence-corrected chi connectivity index (χ3v) is 7.82. The summed E-state index contributed by atoms with van der Waals surface area (Å²) >= 11 is 1.80. The van der Waals surface area contributed by atoms with Gasteiger partial charge in [-0.1, -0.05) is 11.3 Å². The summed E-state index contributed by atoms with van der Waals surface area (Å²) < 4.78 is 169. The Kier molecular flexibility index (Phi) is 10.2. The molecule has 0 N–H and O–H groups in total. The fourth-order valence-electron chi connectivity index (χ4n) is 1.55. The van der Waals surface area contributed by atoms with E-state index in [0.29, 0.717) is 4.13 Å². The van der Waals surface area contributed by atoms with Gasteiger partial charge in [0.1, 0.15) is 6.61 Å². The van der Waals surface area contributed by atoms with Crippen molar-refractivity contribution in [3.05, 3.63) is 20.2 Å². The van der Waals surface area contributed by atoms with Crippen LogP contribution in [0.25, 0.3) is 4.13 Å². The van der Waals surface area contributed by atoms with E-state index in [1.165, 1.54) is 10.6 Å². The molecule has 196 valence electrons. The lowest BCUT2D eigenvalue weighted by molar-refractivity contribution is -0.699. The number of rotatable bonds is 8. The number of halogens is 10. The van der Waals surface area contributed by atoms with Gasteiger partial charge in [-0.15, -0.1) is 0 Å². The average molecular weight is 566 g/mol. The zero-order valence-electron chi connectivity index (χ0n) is 16.6. The fourth-order valence-corrected chi connectivity index (χ4v) is 4.76. The van der Waals surface area contributed by atoms with Crippen molar-refractivity contribution in [2.45, 2.75) is 50.2 Å². The highest BCUT2D eigenvalue weighted by Gasteiger charge is 2.68. The van der Waals surface area contributed by atoms with Gasteiger partial charge in [0.15, 0.2) is 32.3 Å². The summed E-state index contributed by atoms with van der Waals surface area (Å²) in [6, 6.07) is 0. The van der Waals surface area contributed by atoms with Crippen molar-refractivity contribution in [2.24, 2.45) is 0 Å². The number of aromatic nitrogens is 1. The molecule has 1 aromatic rings. The van der Waals surface area contributed by atoms with Gasteiger partial charge in [-0.05, 0) is 13.8 Å². The summed E-state index contributed by atoms with van der Waals surface area (Å²) in [6.07, 6.45) is -14.0. The molecule has 0 aliphatic rings. The number of aryl methyl sites for hydroxylation is 1. The first-order valence-corrected chi connectivity index (χ1v) is 11.9. The monoisotopic (exact) mass is 566 g/mol. The molecule has 0 spiro atoms. The van der Waals surface area contributed by atoms with E-state index in [2.05, 4.69) is 23.9 Å². The van der Waals surface area contributed by atoms with E-state index in [9.17, 15) is 60.7 Å². The van der Waals surface area contributed by atoms with Crippen LogP contribution in [0.4, 0.5) is 43.9 Å². The number of thiazole rings is 1. The largest absolute Gasteiger partial charge is 0.467 e. The Bertz CT molecular complexity index is 947. The molecule has 0 unspecified atom stereocenters. The number of nitrogens with zero attached hydrogens (tertiary/aromatic N) is 2. The van der Waals surface area contributed by atoms with Crippen LogP contribution in [0.5, 0.6) is 0 Å². The molecule has 20 heteroatoms. The van der Waals surface area contributed by atoms with Gasteiger partial charge in [0.2, 0.25) is 5.51 Å². The maximum atomic E-state index is 12.3. The van der Waals surface area contributed by atoms with Crippen LogP contribution < -0.4 is 4.57 Å². The summed E-state index contributed by atoms with van der Waals surface area (Å²) in [5, 5.41) is -14.0. The second-order valence-electron chi connectivity index (χ2n) is 5.81. The Morgan fingerprint density at radius 2 is 1.27 bits per heavy atom. The minimum Gasteiger partial charge on any atom is -0.425 e. The van der Waals surface area contributed by atoms with Crippen LogP contribution in [0.3, 0.4) is 0 Å². The predicted molar refractivity (Wildman–Crippen MR) is 93.7 cm³/mol. The molecule has 0 saturated carbocycles. The number of sulfonamides is 2. The van der Waals surface area contributed by atoms with Crippen LogP contribution in [0.2, 0.25) is 0 Å². The Balaban J connectivity index is 0.000000716. The van der Waals surface area contributed by atoms with Crippen molar-refractivity contribution in [1.29, 1.82) is 0 Å². The Morgan fingerprint density at radius 1 is 0.879 bits per heavy atom. The first kappa shape index (κ1) is 31.8. The smallest absolute Gasteiger partial charge is 0.425 e. The standard InChI is InChI=1S/C9H16NOS.C4F10NO4S2/c1-4-11-6-5-10-7-12-9(3)8(10)2;5-1(6,7)3(11,12)20(16,17)15-21(18,19)4(13,14)2(8,9)10/h7H,4-6H2,1-3H3;/q+1;-1. The van der Waals surface area contributed by atoms with Gasteiger partial charge >= 0.3 is 22.9 Å². The van der Waals surface area contributed by atoms with Gasteiger partial charge in [0, 0.05) is 13.5 Å². The number of alkyl halides is 10. The molecule has 0 bridgehead atoms. The van der Waals surface area contributed by atoms with Crippen LogP contribution in [0.1, 0.15) is 17.5 Å². The van der Waals surface area contributed by atoms with Crippen LogP contribution in [-0.2, 0) is 31.3 Å². The van der Waals surface area contributed by atoms with Crippen LogP contribution >= 0.6 is 11.3 Å². The molecule has 7 nitrogen and oxygen atoms in total. The highest BCUT2D eigenvalue weighted by Crippen LogP contribution is 2.47. The number of hydrogen-bond donors (Lipinski definition) is 0. The summed E-state index contributed by atoms with van der Waals surface area (Å²) in [5.41, 5.74) is 3.52. The number of hydrogen-bond acceptors (Lipinski definition) is 6. The summed E-state index contributed by atoms with van der Waals surface area (Å²) in [6.45, 7) is 8.93. The Morgan fingerprint density at radius 3 is 1.55 bits per heavy atom. The van der Waals surface area contributed by atoms with Crippen molar-refractivity contribution in [3.63, 3.8) is 0 Å². The zero-order valence-corrected chi connectivity index (χ0v) is 19.1. The van der Waals surface area contributed by atoms with E-state index in [1.54, 1.807) is 11.3 Å². The highest BCUT2D eigenvalue weighted by atomic mass is 32.3. The van der Waals surface area contributed by atoms with E-state index in [1.807, 2.05) is 6.92 Å². The maximum absolute atomic E-state index is 12.3. The molecule has 0 aliphatic heterocycles. The third kappa shape index (κ3) is 7.36. The van der Waals surface area contributed by atoms with Crippen molar-refractivity contribution in [1.82, 2.24) is 0 Å². The third-order valence-electron chi connectivity index (χ3n) is 3.48. The average Bonchev–Trinajstić information content (AvgIpc) is 2.91. The highest BCUT2D eigenvalue weighted by molar-refractivity contribution is 8.13. The first-order valence-electron chi connectivity index (χ1n) is 8.10. The normalized spacial score (nSPS) is 14.1. The second kappa shape index (κ2) is 10.6. The molecular weight excluding hydrogens is 550 g/mol. The van der Waals surface area contributed by atoms with Gasteiger partial charge in [-0.3, -0.25) is 0 Å². The molecule has 0 aromatic carbocycles. The van der Waals surface area contributed by atoms with E-state index in [0.717, 1.165) is 19.8 Å². The van der Waals surface area contributed by atoms with Crippen molar-refractivity contribution < 1.29 is 70.0 Å². The minimum atomic E-state index is -7.62. The van der Waals surface area contributed by atoms with Gasteiger partial charge in [0.25, 0.3) is 0 Å². The summed E-state index contributed by atoms with van der Waals surface area (Å²) in [5.74, 6) is 0. The van der Waals surface area contributed by atoms with Crippen molar-refractivity contribution in [2.75, 3.05) is 13.2 Å². The molecule has 0 atom stereocenters. The molecule has 1 aromatic heterocycles. The topological polar surface area (TPSA) is 95.5 Å². The van der Waals surface area contributed by atoms with Crippen molar-refractivity contribution in [3.8, 4) is 0 Å². The quantitative estimate of drug-likeness (QED) is 0.269. The molecule has 0 saturated heterocycles. The van der Waals surface area contributed by atoms with E-state index in [-0.39, 0.29) is 0 Å². The lowest BCUT2D eigenvalue weighted by Gasteiger charge is -2.31. The van der Waals surface area contributed by atoms with Gasteiger partial charge in [0.05, 0.1) is 4.88 Å². The molecular formula is C13H16F10N2O5S3. The molecule has 0 aliphatic carbocycles.